The first kappa shape index (κ1) is 17.4. The fraction of sp³-hybridized carbons (Fsp3) is 0.500. The van der Waals surface area contributed by atoms with Crippen LogP contribution in [0.3, 0.4) is 0 Å². The van der Waals surface area contributed by atoms with Crippen molar-refractivity contribution in [1.29, 1.82) is 0 Å². The summed E-state index contributed by atoms with van der Waals surface area (Å²) in [6.07, 6.45) is 4.86. The molecule has 3 heterocycles. The van der Waals surface area contributed by atoms with Crippen LogP contribution in [0.4, 0.5) is 5.95 Å². The van der Waals surface area contributed by atoms with Crippen LogP contribution in [-0.4, -0.2) is 60.4 Å². The summed E-state index contributed by atoms with van der Waals surface area (Å²) in [4.78, 5) is 11.0. The zero-order valence-electron chi connectivity index (χ0n) is 15.4. The molecule has 0 radical (unpaired) electrons. The van der Waals surface area contributed by atoms with Crippen LogP contribution < -0.4 is 5.32 Å². The molecule has 0 bridgehead atoms. The number of rotatable bonds is 5. The molecule has 2 aliphatic heterocycles. The number of anilines is 1. The van der Waals surface area contributed by atoms with Crippen molar-refractivity contribution in [1.82, 2.24) is 14.9 Å². The Morgan fingerprint density at radius 3 is 2.73 bits per heavy atom. The number of hydrogen-bond acceptors (Lipinski definition) is 6. The standard InChI is InChI=1S/C20H26N4O2/c1-21-19-22-9-15(10-23-19)11-24-12-18(25-2)20(14-24)8-17(13-26-20)16-6-4-3-5-7-16/h3-7,9-10,17-18H,8,11-14H2,1-2H3,(H,21,22,23)/t17-,18+,20+/m0/s1. The van der Waals surface area contributed by atoms with Crippen LogP contribution in [0.1, 0.15) is 23.5 Å². The maximum atomic E-state index is 6.37. The summed E-state index contributed by atoms with van der Waals surface area (Å²) >= 11 is 0. The summed E-state index contributed by atoms with van der Waals surface area (Å²) in [6.45, 7) is 3.32. The zero-order chi connectivity index (χ0) is 18.0. The Morgan fingerprint density at radius 2 is 2.04 bits per heavy atom. The number of nitrogens with one attached hydrogen (secondary N) is 1. The topological polar surface area (TPSA) is 59.5 Å². The van der Waals surface area contributed by atoms with E-state index in [4.69, 9.17) is 9.47 Å². The third kappa shape index (κ3) is 3.32. The van der Waals surface area contributed by atoms with E-state index in [1.165, 1.54) is 5.56 Å². The first-order chi connectivity index (χ1) is 12.7. The largest absolute Gasteiger partial charge is 0.377 e. The fourth-order valence-corrected chi connectivity index (χ4v) is 4.25. The van der Waals surface area contributed by atoms with Gasteiger partial charge in [-0.15, -0.1) is 0 Å². The molecule has 1 aromatic heterocycles. The Balaban J connectivity index is 1.45. The molecule has 2 fully saturated rings. The number of nitrogens with zero attached hydrogens (tertiary/aromatic N) is 3. The van der Waals surface area contributed by atoms with E-state index in [0.29, 0.717) is 11.9 Å². The maximum absolute atomic E-state index is 6.37. The summed E-state index contributed by atoms with van der Waals surface area (Å²) in [5, 5.41) is 2.95. The third-order valence-electron chi connectivity index (χ3n) is 5.56. The summed E-state index contributed by atoms with van der Waals surface area (Å²) < 4.78 is 12.2. The van der Waals surface area contributed by atoms with Crippen LogP contribution in [0.25, 0.3) is 0 Å². The number of methoxy groups -OCH3 is 1. The van der Waals surface area contributed by atoms with E-state index in [0.717, 1.165) is 38.2 Å². The van der Waals surface area contributed by atoms with Gasteiger partial charge in [-0.05, 0) is 12.0 Å². The summed E-state index contributed by atoms with van der Waals surface area (Å²) in [5.74, 6) is 1.08. The van der Waals surface area contributed by atoms with Crippen molar-refractivity contribution in [2.75, 3.05) is 39.2 Å². The van der Waals surface area contributed by atoms with Crippen LogP contribution in [0.2, 0.25) is 0 Å². The van der Waals surface area contributed by atoms with Crippen LogP contribution in [0, 0.1) is 0 Å². The van der Waals surface area contributed by atoms with Gasteiger partial charge in [0.25, 0.3) is 0 Å². The second kappa shape index (κ2) is 7.31. The molecule has 6 heteroatoms. The lowest BCUT2D eigenvalue weighted by Crippen LogP contribution is -2.42. The predicted octanol–water partition coefficient (Wildman–Crippen LogP) is 2.29. The Morgan fingerprint density at radius 1 is 1.27 bits per heavy atom. The van der Waals surface area contributed by atoms with E-state index in [9.17, 15) is 0 Å². The van der Waals surface area contributed by atoms with Crippen LogP contribution >= 0.6 is 0 Å². The first-order valence-corrected chi connectivity index (χ1v) is 9.15. The van der Waals surface area contributed by atoms with Gasteiger partial charge in [0.05, 0.1) is 12.7 Å². The number of likely N-dealkylation sites (tertiary alicyclic amines) is 1. The molecule has 0 aliphatic carbocycles. The Labute approximate surface area is 154 Å². The molecule has 138 valence electrons. The molecular weight excluding hydrogens is 328 g/mol. The number of hydrogen-bond donors (Lipinski definition) is 1. The van der Waals surface area contributed by atoms with Crippen molar-refractivity contribution in [2.24, 2.45) is 0 Å². The molecular formula is C20H26N4O2. The van der Waals surface area contributed by atoms with Crippen molar-refractivity contribution in [3.8, 4) is 0 Å². The van der Waals surface area contributed by atoms with Gasteiger partial charge in [0.15, 0.2) is 0 Å². The summed E-state index contributed by atoms with van der Waals surface area (Å²) in [5.41, 5.74) is 2.24. The Hall–Kier alpha value is -2.02. The van der Waals surface area contributed by atoms with Gasteiger partial charge in [-0.25, -0.2) is 9.97 Å². The van der Waals surface area contributed by atoms with Gasteiger partial charge >= 0.3 is 0 Å². The average molecular weight is 354 g/mol. The van der Waals surface area contributed by atoms with Gasteiger partial charge < -0.3 is 14.8 Å². The van der Waals surface area contributed by atoms with E-state index in [-0.39, 0.29) is 11.7 Å². The monoisotopic (exact) mass is 354 g/mol. The summed E-state index contributed by atoms with van der Waals surface area (Å²) in [6, 6.07) is 10.7. The molecule has 1 N–H and O–H groups in total. The van der Waals surface area contributed by atoms with Crippen LogP contribution in [0.15, 0.2) is 42.7 Å². The lowest BCUT2D eigenvalue weighted by molar-refractivity contribution is -0.0757. The van der Waals surface area contributed by atoms with Crippen molar-refractivity contribution < 1.29 is 9.47 Å². The Bertz CT molecular complexity index is 724. The highest BCUT2D eigenvalue weighted by Gasteiger charge is 2.52. The fourth-order valence-electron chi connectivity index (χ4n) is 4.25. The normalized spacial score (nSPS) is 28.7. The lowest BCUT2D eigenvalue weighted by Gasteiger charge is -2.28. The van der Waals surface area contributed by atoms with E-state index >= 15 is 0 Å². The number of benzene rings is 1. The predicted molar refractivity (Wildman–Crippen MR) is 100 cm³/mol. The van der Waals surface area contributed by atoms with Crippen LogP contribution in [0.5, 0.6) is 0 Å². The zero-order valence-corrected chi connectivity index (χ0v) is 15.4. The molecule has 0 amide bonds. The van der Waals surface area contributed by atoms with E-state index in [1.807, 2.05) is 19.4 Å². The third-order valence-corrected chi connectivity index (χ3v) is 5.56. The van der Waals surface area contributed by atoms with Gasteiger partial charge in [-0.1, -0.05) is 30.3 Å². The first-order valence-electron chi connectivity index (χ1n) is 9.15. The Kier molecular flexibility index (Phi) is 4.89. The molecule has 26 heavy (non-hydrogen) atoms. The van der Waals surface area contributed by atoms with E-state index in [2.05, 4.69) is 50.5 Å². The van der Waals surface area contributed by atoms with Gasteiger partial charge in [-0.2, -0.15) is 0 Å². The molecule has 2 aromatic rings. The highest BCUT2D eigenvalue weighted by atomic mass is 16.6. The number of aromatic nitrogens is 2. The molecule has 1 spiro atoms. The minimum atomic E-state index is -0.221. The van der Waals surface area contributed by atoms with E-state index in [1.54, 1.807) is 7.11 Å². The molecule has 2 saturated heterocycles. The van der Waals surface area contributed by atoms with Gasteiger partial charge in [-0.3, -0.25) is 4.90 Å². The van der Waals surface area contributed by atoms with E-state index < -0.39 is 0 Å². The second-order valence-corrected chi connectivity index (χ2v) is 7.25. The molecule has 3 atom stereocenters. The lowest BCUT2D eigenvalue weighted by atomic mass is 9.87. The molecule has 0 unspecified atom stereocenters. The van der Waals surface area contributed by atoms with Crippen molar-refractivity contribution in [2.45, 2.75) is 30.6 Å². The molecule has 1 aromatic carbocycles. The molecule has 4 rings (SSSR count). The maximum Gasteiger partial charge on any atom is 0.222 e. The van der Waals surface area contributed by atoms with Gasteiger partial charge in [0.2, 0.25) is 5.95 Å². The van der Waals surface area contributed by atoms with Gasteiger partial charge in [0, 0.05) is 57.7 Å². The summed E-state index contributed by atoms with van der Waals surface area (Å²) in [7, 11) is 3.61. The van der Waals surface area contributed by atoms with Crippen molar-refractivity contribution in [3.63, 3.8) is 0 Å². The highest BCUT2D eigenvalue weighted by molar-refractivity contribution is 5.24. The minimum Gasteiger partial charge on any atom is -0.377 e. The van der Waals surface area contributed by atoms with Gasteiger partial charge in [0.1, 0.15) is 5.60 Å². The van der Waals surface area contributed by atoms with Crippen molar-refractivity contribution >= 4 is 5.95 Å². The second-order valence-electron chi connectivity index (χ2n) is 7.25. The molecule has 0 saturated carbocycles. The molecule has 2 aliphatic rings. The SMILES string of the molecule is CNc1ncc(CN2C[C@@H](OC)[C@@]3(C[C@H](c4ccccc4)CO3)C2)cn1. The quantitative estimate of drug-likeness (QED) is 0.889. The smallest absolute Gasteiger partial charge is 0.222 e. The number of ether oxygens (including phenoxy) is 2. The minimum absolute atomic E-state index is 0.0914. The average Bonchev–Trinajstić information content (AvgIpc) is 3.27. The van der Waals surface area contributed by atoms with Crippen LogP contribution in [-0.2, 0) is 16.0 Å². The van der Waals surface area contributed by atoms with Crippen molar-refractivity contribution in [3.05, 3.63) is 53.9 Å². The highest BCUT2D eigenvalue weighted by Crippen LogP contribution is 2.43. The molecule has 6 nitrogen and oxygen atoms in total.